The van der Waals surface area contributed by atoms with Crippen LogP contribution in [0.5, 0.6) is 0 Å². The molecule has 8 nitrogen and oxygen atoms in total. The standard InChI is InChI=1S/C26H24N4O4/c1-15(31)28-19-4-2-3-16(11-19)18-12-21-20-6-5-17(26(33)30-7-9-34-10-8-30)14-23(20)29-24(21)22(13-18)25(27)32/h2-6,11-14,29H,7-10H2,1H3,(H2,27,32)(H,28,31). The Morgan fingerprint density at radius 3 is 2.50 bits per heavy atom. The summed E-state index contributed by atoms with van der Waals surface area (Å²) in [7, 11) is 0. The minimum absolute atomic E-state index is 0.0468. The Morgan fingerprint density at radius 1 is 0.971 bits per heavy atom. The van der Waals surface area contributed by atoms with E-state index in [4.69, 9.17) is 10.5 Å². The molecule has 34 heavy (non-hydrogen) atoms. The van der Waals surface area contributed by atoms with Crippen LogP contribution < -0.4 is 11.1 Å². The molecule has 0 radical (unpaired) electrons. The maximum atomic E-state index is 12.9. The van der Waals surface area contributed by atoms with Crippen LogP contribution in [0.1, 0.15) is 27.6 Å². The van der Waals surface area contributed by atoms with E-state index < -0.39 is 5.91 Å². The zero-order valence-electron chi connectivity index (χ0n) is 18.7. The Labute approximate surface area is 195 Å². The van der Waals surface area contributed by atoms with Crippen molar-refractivity contribution in [2.45, 2.75) is 6.92 Å². The predicted molar refractivity (Wildman–Crippen MR) is 131 cm³/mol. The van der Waals surface area contributed by atoms with Gasteiger partial charge in [0.1, 0.15) is 0 Å². The second-order valence-corrected chi connectivity index (χ2v) is 8.36. The number of morpholine rings is 1. The van der Waals surface area contributed by atoms with Crippen molar-refractivity contribution in [3.8, 4) is 11.1 Å². The van der Waals surface area contributed by atoms with Crippen molar-refractivity contribution in [2.75, 3.05) is 31.6 Å². The number of amides is 3. The maximum Gasteiger partial charge on any atom is 0.254 e. The first-order chi connectivity index (χ1) is 16.4. The van der Waals surface area contributed by atoms with Crippen LogP contribution >= 0.6 is 0 Å². The van der Waals surface area contributed by atoms with Crippen LogP contribution in [-0.4, -0.2) is 53.9 Å². The van der Waals surface area contributed by atoms with Crippen LogP contribution in [0.4, 0.5) is 5.69 Å². The minimum atomic E-state index is -0.555. The molecular formula is C26H24N4O4. The van der Waals surface area contributed by atoms with E-state index in [9.17, 15) is 14.4 Å². The summed E-state index contributed by atoms with van der Waals surface area (Å²) in [6, 6.07) is 16.6. The summed E-state index contributed by atoms with van der Waals surface area (Å²) in [6.45, 7) is 3.66. The van der Waals surface area contributed by atoms with Gasteiger partial charge in [-0.2, -0.15) is 0 Å². The molecule has 172 valence electrons. The van der Waals surface area contributed by atoms with Gasteiger partial charge >= 0.3 is 0 Å². The number of rotatable bonds is 4. The van der Waals surface area contributed by atoms with Gasteiger partial charge in [0.15, 0.2) is 0 Å². The fourth-order valence-electron chi connectivity index (χ4n) is 4.43. The SMILES string of the molecule is CC(=O)Nc1cccc(-c2cc(C(N)=O)c3[nH]c4cc(C(=O)N5CCOCC5)ccc4c3c2)c1. The predicted octanol–water partition coefficient (Wildman–Crippen LogP) is 3.52. The van der Waals surface area contributed by atoms with Crippen LogP contribution in [0.15, 0.2) is 54.6 Å². The van der Waals surface area contributed by atoms with Crippen LogP contribution in [0.25, 0.3) is 32.9 Å². The van der Waals surface area contributed by atoms with Gasteiger partial charge < -0.3 is 25.7 Å². The molecule has 0 saturated carbocycles. The molecule has 2 heterocycles. The van der Waals surface area contributed by atoms with Gasteiger partial charge in [0.05, 0.1) is 24.3 Å². The summed E-state index contributed by atoms with van der Waals surface area (Å²) in [6.07, 6.45) is 0. The highest BCUT2D eigenvalue weighted by atomic mass is 16.5. The summed E-state index contributed by atoms with van der Waals surface area (Å²) < 4.78 is 5.34. The lowest BCUT2D eigenvalue weighted by Crippen LogP contribution is -2.40. The number of carbonyl (C=O) groups is 3. The minimum Gasteiger partial charge on any atom is -0.378 e. The molecule has 3 amide bonds. The first-order valence-electron chi connectivity index (χ1n) is 11.0. The van der Waals surface area contributed by atoms with Crippen molar-refractivity contribution in [3.05, 3.63) is 65.7 Å². The zero-order valence-corrected chi connectivity index (χ0v) is 18.7. The number of hydrogen-bond acceptors (Lipinski definition) is 4. The smallest absolute Gasteiger partial charge is 0.254 e. The van der Waals surface area contributed by atoms with Crippen LogP contribution in [0.3, 0.4) is 0 Å². The number of nitrogens with zero attached hydrogens (tertiary/aromatic N) is 1. The quantitative estimate of drug-likeness (QED) is 0.435. The number of aromatic amines is 1. The van der Waals surface area contributed by atoms with Crippen molar-refractivity contribution in [1.82, 2.24) is 9.88 Å². The monoisotopic (exact) mass is 456 g/mol. The summed E-state index contributed by atoms with van der Waals surface area (Å²) in [5.41, 5.74) is 10.3. The normalized spacial score (nSPS) is 13.9. The Balaban J connectivity index is 1.62. The van der Waals surface area contributed by atoms with Gasteiger partial charge in [-0.05, 0) is 47.5 Å². The van der Waals surface area contributed by atoms with Crippen molar-refractivity contribution in [1.29, 1.82) is 0 Å². The van der Waals surface area contributed by atoms with Gasteiger partial charge in [0, 0.05) is 47.6 Å². The molecule has 3 aromatic carbocycles. The third-order valence-electron chi connectivity index (χ3n) is 6.03. The van der Waals surface area contributed by atoms with Crippen molar-refractivity contribution >= 4 is 45.2 Å². The van der Waals surface area contributed by atoms with E-state index in [0.717, 1.165) is 27.4 Å². The Kier molecular flexibility index (Phi) is 5.51. The Hall–Kier alpha value is -4.17. The molecule has 5 rings (SSSR count). The number of aromatic nitrogens is 1. The van der Waals surface area contributed by atoms with E-state index in [1.54, 1.807) is 23.1 Å². The van der Waals surface area contributed by atoms with E-state index in [1.807, 2.05) is 36.4 Å². The third-order valence-corrected chi connectivity index (χ3v) is 6.03. The number of H-pyrrole nitrogens is 1. The number of primary amides is 1. The van der Waals surface area contributed by atoms with Gasteiger partial charge in [-0.25, -0.2) is 0 Å². The number of hydrogen-bond donors (Lipinski definition) is 3. The van der Waals surface area contributed by atoms with E-state index >= 15 is 0 Å². The average Bonchev–Trinajstić information content (AvgIpc) is 3.21. The van der Waals surface area contributed by atoms with Crippen molar-refractivity contribution < 1.29 is 19.1 Å². The first kappa shape index (κ1) is 21.7. The number of nitrogens with two attached hydrogens (primary N) is 1. The highest BCUT2D eigenvalue weighted by Crippen LogP contribution is 2.34. The van der Waals surface area contributed by atoms with Crippen LogP contribution in [0, 0.1) is 0 Å². The molecule has 4 aromatic rings. The fourth-order valence-corrected chi connectivity index (χ4v) is 4.43. The first-order valence-corrected chi connectivity index (χ1v) is 11.0. The van der Waals surface area contributed by atoms with Crippen molar-refractivity contribution in [3.63, 3.8) is 0 Å². The molecule has 0 atom stereocenters. The lowest BCUT2D eigenvalue weighted by Gasteiger charge is -2.26. The lowest BCUT2D eigenvalue weighted by atomic mass is 9.98. The molecule has 0 unspecified atom stereocenters. The van der Waals surface area contributed by atoms with E-state index in [-0.39, 0.29) is 11.8 Å². The highest BCUT2D eigenvalue weighted by Gasteiger charge is 2.20. The second kappa shape index (κ2) is 8.64. The number of anilines is 1. The topological polar surface area (TPSA) is 118 Å². The summed E-state index contributed by atoms with van der Waals surface area (Å²) in [5.74, 6) is -0.764. The molecular weight excluding hydrogens is 432 g/mol. The van der Waals surface area contributed by atoms with Crippen LogP contribution in [0.2, 0.25) is 0 Å². The summed E-state index contributed by atoms with van der Waals surface area (Å²) in [4.78, 5) is 41.8. The van der Waals surface area contributed by atoms with Gasteiger partial charge in [0.25, 0.3) is 11.8 Å². The van der Waals surface area contributed by atoms with Crippen molar-refractivity contribution in [2.24, 2.45) is 5.73 Å². The molecule has 0 aliphatic carbocycles. The number of benzene rings is 3. The molecule has 8 heteroatoms. The number of fused-ring (bicyclic) bond motifs is 3. The number of ether oxygens (including phenoxy) is 1. The average molecular weight is 457 g/mol. The Bertz CT molecular complexity index is 1450. The van der Waals surface area contributed by atoms with E-state index in [1.165, 1.54) is 6.92 Å². The highest BCUT2D eigenvalue weighted by molar-refractivity contribution is 6.17. The molecule has 0 bridgehead atoms. The summed E-state index contributed by atoms with van der Waals surface area (Å²) in [5, 5.41) is 4.49. The van der Waals surface area contributed by atoms with Gasteiger partial charge in [0.2, 0.25) is 5.91 Å². The number of nitrogens with one attached hydrogen (secondary N) is 2. The van der Waals surface area contributed by atoms with E-state index in [0.29, 0.717) is 48.6 Å². The molecule has 1 saturated heterocycles. The second-order valence-electron chi connectivity index (χ2n) is 8.36. The summed E-state index contributed by atoms with van der Waals surface area (Å²) >= 11 is 0. The van der Waals surface area contributed by atoms with Gasteiger partial charge in [-0.1, -0.05) is 18.2 Å². The molecule has 0 spiro atoms. The largest absolute Gasteiger partial charge is 0.378 e. The van der Waals surface area contributed by atoms with Crippen LogP contribution in [-0.2, 0) is 9.53 Å². The lowest BCUT2D eigenvalue weighted by molar-refractivity contribution is -0.114. The van der Waals surface area contributed by atoms with Gasteiger partial charge in [-0.15, -0.1) is 0 Å². The Morgan fingerprint density at radius 2 is 1.76 bits per heavy atom. The maximum absolute atomic E-state index is 12.9. The molecule has 1 aliphatic heterocycles. The molecule has 4 N–H and O–H groups in total. The fraction of sp³-hybridized carbons (Fsp3) is 0.192. The number of carbonyl (C=O) groups excluding carboxylic acids is 3. The van der Waals surface area contributed by atoms with E-state index in [2.05, 4.69) is 10.3 Å². The third kappa shape index (κ3) is 3.99. The molecule has 1 aromatic heterocycles. The zero-order chi connectivity index (χ0) is 23.8. The molecule has 1 fully saturated rings. The molecule has 1 aliphatic rings. The van der Waals surface area contributed by atoms with Gasteiger partial charge in [-0.3, -0.25) is 14.4 Å².